The second kappa shape index (κ2) is 3.13. The topological polar surface area (TPSA) is 25.8 Å². The normalized spacial score (nSPS) is 26.5. The first-order valence-corrected chi connectivity index (χ1v) is 5.09. The van der Waals surface area contributed by atoms with Crippen LogP contribution in [0.25, 0.3) is 0 Å². The highest BCUT2D eigenvalue weighted by Gasteiger charge is 2.41. The summed E-state index contributed by atoms with van der Waals surface area (Å²) in [6.45, 7) is 0. The predicted octanol–water partition coefficient (Wildman–Crippen LogP) is 3.09. The molecule has 72 valence electrons. The molecule has 0 amide bonds. The van der Waals surface area contributed by atoms with E-state index >= 15 is 0 Å². The molecule has 2 nitrogen and oxygen atoms in total. The van der Waals surface area contributed by atoms with Crippen LogP contribution in [-0.4, -0.2) is 15.3 Å². The summed E-state index contributed by atoms with van der Waals surface area (Å²) in [5.41, 5.74) is 0. The number of hydrogen-bond acceptors (Lipinski definition) is 3. The molecule has 13 heavy (non-hydrogen) atoms. The lowest BCUT2D eigenvalue weighted by Gasteiger charge is -2.06. The van der Waals surface area contributed by atoms with Crippen LogP contribution in [0.1, 0.15) is 30.2 Å². The molecule has 0 radical (unpaired) electrons. The number of halogens is 3. The molecule has 1 heterocycles. The van der Waals surface area contributed by atoms with Gasteiger partial charge in [-0.3, -0.25) is 0 Å². The molecular weight excluding hydrogens is 218 g/mol. The van der Waals surface area contributed by atoms with Gasteiger partial charge in [0, 0.05) is 18.8 Å². The number of nitrogens with zero attached hydrogens (tertiary/aromatic N) is 2. The molecule has 1 saturated carbocycles. The Balaban J connectivity index is 2.12. The molecule has 1 aliphatic carbocycles. The van der Waals surface area contributed by atoms with E-state index < -0.39 is 5.92 Å². The van der Waals surface area contributed by atoms with Crippen molar-refractivity contribution in [1.82, 2.24) is 9.36 Å². The maximum atomic E-state index is 12.8. The Morgan fingerprint density at radius 1 is 1.54 bits per heavy atom. The van der Waals surface area contributed by atoms with Crippen LogP contribution in [0.4, 0.5) is 8.78 Å². The zero-order valence-electron chi connectivity index (χ0n) is 6.64. The second-order valence-electron chi connectivity index (χ2n) is 3.20. The van der Waals surface area contributed by atoms with E-state index in [4.69, 9.17) is 11.6 Å². The Bertz CT molecular complexity index is 315. The van der Waals surface area contributed by atoms with Crippen LogP contribution in [0, 0.1) is 0 Å². The molecule has 0 aliphatic heterocycles. The van der Waals surface area contributed by atoms with Gasteiger partial charge in [0.2, 0.25) is 11.2 Å². The predicted molar refractivity (Wildman–Crippen MR) is 46.5 cm³/mol. The van der Waals surface area contributed by atoms with Crippen molar-refractivity contribution in [2.24, 2.45) is 0 Å². The summed E-state index contributed by atoms with van der Waals surface area (Å²) in [6, 6.07) is 0. The van der Waals surface area contributed by atoms with Crippen LogP contribution in [-0.2, 0) is 0 Å². The molecule has 1 aromatic rings. The average molecular weight is 225 g/mol. The van der Waals surface area contributed by atoms with Crippen molar-refractivity contribution in [2.75, 3.05) is 0 Å². The van der Waals surface area contributed by atoms with E-state index in [1.54, 1.807) is 0 Å². The molecule has 2 rings (SSSR count). The van der Waals surface area contributed by atoms with E-state index in [2.05, 4.69) is 9.36 Å². The van der Waals surface area contributed by atoms with E-state index in [0.29, 0.717) is 11.4 Å². The molecule has 6 heteroatoms. The second-order valence-corrected chi connectivity index (χ2v) is 4.32. The minimum Gasteiger partial charge on any atom is -0.209 e. The third kappa shape index (κ3) is 1.96. The fourth-order valence-electron chi connectivity index (χ4n) is 1.54. The minimum atomic E-state index is -2.52. The Kier molecular flexibility index (Phi) is 2.23. The van der Waals surface area contributed by atoms with E-state index in [1.807, 2.05) is 0 Å². The van der Waals surface area contributed by atoms with Crippen molar-refractivity contribution in [3.8, 4) is 0 Å². The van der Waals surface area contributed by atoms with Crippen LogP contribution >= 0.6 is 23.1 Å². The van der Waals surface area contributed by atoms with Gasteiger partial charge in [-0.2, -0.15) is 4.37 Å². The van der Waals surface area contributed by atoms with Gasteiger partial charge < -0.3 is 0 Å². The van der Waals surface area contributed by atoms with Crippen molar-refractivity contribution < 1.29 is 8.78 Å². The SMILES string of the molecule is FC1(F)CCC(c2nc(Cl)ns2)C1. The van der Waals surface area contributed by atoms with Crippen LogP contribution in [0.3, 0.4) is 0 Å². The van der Waals surface area contributed by atoms with Crippen molar-refractivity contribution >= 4 is 23.1 Å². The van der Waals surface area contributed by atoms with Gasteiger partial charge >= 0.3 is 0 Å². The largest absolute Gasteiger partial charge is 0.248 e. The Morgan fingerprint density at radius 2 is 2.31 bits per heavy atom. The number of alkyl halides is 2. The number of aromatic nitrogens is 2. The Hall–Kier alpha value is -0.290. The fraction of sp³-hybridized carbons (Fsp3) is 0.714. The molecule has 0 spiro atoms. The maximum Gasteiger partial charge on any atom is 0.248 e. The van der Waals surface area contributed by atoms with E-state index in [-0.39, 0.29) is 24.0 Å². The molecule has 0 N–H and O–H groups in total. The maximum absolute atomic E-state index is 12.8. The van der Waals surface area contributed by atoms with Gasteiger partial charge in [-0.1, -0.05) is 0 Å². The molecule has 1 unspecified atom stereocenters. The highest BCUT2D eigenvalue weighted by atomic mass is 35.5. The molecule has 1 aliphatic rings. The molecular formula is C7H7ClF2N2S. The number of rotatable bonds is 1. The Labute approximate surface area is 83.1 Å². The van der Waals surface area contributed by atoms with Gasteiger partial charge in [0.15, 0.2) is 0 Å². The summed E-state index contributed by atoms with van der Waals surface area (Å²) in [7, 11) is 0. The highest BCUT2D eigenvalue weighted by molar-refractivity contribution is 7.05. The zero-order chi connectivity index (χ0) is 9.47. The fourth-order valence-corrected chi connectivity index (χ4v) is 2.47. The van der Waals surface area contributed by atoms with Crippen LogP contribution < -0.4 is 0 Å². The molecule has 0 saturated heterocycles. The lowest BCUT2D eigenvalue weighted by Crippen LogP contribution is -2.08. The van der Waals surface area contributed by atoms with Crippen molar-refractivity contribution in [3.05, 3.63) is 10.3 Å². The first-order valence-electron chi connectivity index (χ1n) is 3.94. The summed E-state index contributed by atoms with van der Waals surface area (Å²) in [5, 5.41) is 0.803. The smallest absolute Gasteiger partial charge is 0.209 e. The highest BCUT2D eigenvalue weighted by Crippen LogP contribution is 2.44. The van der Waals surface area contributed by atoms with Crippen molar-refractivity contribution in [3.63, 3.8) is 0 Å². The third-order valence-corrected chi connectivity index (χ3v) is 3.31. The average Bonchev–Trinajstić information content (AvgIpc) is 2.56. The first kappa shape index (κ1) is 9.27. The van der Waals surface area contributed by atoms with Crippen molar-refractivity contribution in [2.45, 2.75) is 31.1 Å². The minimum absolute atomic E-state index is 0.0468. The van der Waals surface area contributed by atoms with E-state index in [1.165, 1.54) is 0 Å². The van der Waals surface area contributed by atoms with Gasteiger partial charge in [-0.05, 0) is 29.6 Å². The van der Waals surface area contributed by atoms with Gasteiger partial charge in [0.1, 0.15) is 5.01 Å². The monoisotopic (exact) mass is 224 g/mol. The lowest BCUT2D eigenvalue weighted by atomic mass is 10.1. The molecule has 1 fully saturated rings. The quantitative estimate of drug-likeness (QED) is 0.733. The van der Waals surface area contributed by atoms with E-state index in [0.717, 1.165) is 11.5 Å². The summed E-state index contributed by atoms with van der Waals surface area (Å²) >= 11 is 6.63. The summed E-state index contributed by atoms with van der Waals surface area (Å²) in [6.07, 6.45) is 0.325. The summed E-state index contributed by atoms with van der Waals surface area (Å²) < 4.78 is 29.4. The van der Waals surface area contributed by atoms with Gasteiger partial charge in [0.25, 0.3) is 0 Å². The molecule has 0 bridgehead atoms. The first-order chi connectivity index (χ1) is 6.07. The summed E-state index contributed by atoms with van der Waals surface area (Å²) in [4.78, 5) is 3.90. The van der Waals surface area contributed by atoms with Crippen LogP contribution in [0.5, 0.6) is 0 Å². The molecule has 0 aromatic carbocycles. The molecule has 1 aromatic heterocycles. The standard InChI is InChI=1S/C7H7ClF2N2S/c8-6-11-5(13-12-6)4-1-2-7(9,10)3-4/h4H,1-3H2. The van der Waals surface area contributed by atoms with E-state index in [9.17, 15) is 8.78 Å². The molecule has 1 atom stereocenters. The summed E-state index contributed by atoms with van der Waals surface area (Å²) in [5.74, 6) is -2.68. The van der Waals surface area contributed by atoms with Crippen LogP contribution in [0.2, 0.25) is 5.28 Å². The Morgan fingerprint density at radius 3 is 2.77 bits per heavy atom. The lowest BCUT2D eigenvalue weighted by molar-refractivity contribution is 0.00776. The van der Waals surface area contributed by atoms with Gasteiger partial charge in [-0.15, -0.1) is 0 Å². The van der Waals surface area contributed by atoms with Gasteiger partial charge in [0.05, 0.1) is 0 Å². The number of hydrogen-bond donors (Lipinski definition) is 0. The van der Waals surface area contributed by atoms with Crippen molar-refractivity contribution in [1.29, 1.82) is 0 Å². The van der Waals surface area contributed by atoms with Gasteiger partial charge in [-0.25, -0.2) is 13.8 Å². The van der Waals surface area contributed by atoms with Crippen LogP contribution in [0.15, 0.2) is 0 Å². The third-order valence-electron chi connectivity index (χ3n) is 2.17. The zero-order valence-corrected chi connectivity index (χ0v) is 8.21.